The molecular weight excluding hydrogens is 298 g/mol. The van der Waals surface area contributed by atoms with Crippen LogP contribution in [0.1, 0.15) is 34.8 Å². The van der Waals surface area contributed by atoms with Gasteiger partial charge in [-0.05, 0) is 25.0 Å². The Labute approximate surface area is 123 Å². The van der Waals surface area contributed by atoms with Crippen LogP contribution in [-0.4, -0.2) is 17.5 Å². The van der Waals surface area contributed by atoms with Gasteiger partial charge in [0.2, 0.25) is 0 Å². The minimum Gasteiger partial charge on any atom is -0.434 e. The fourth-order valence-electron chi connectivity index (χ4n) is 1.93. The van der Waals surface area contributed by atoms with E-state index in [1.54, 1.807) is 6.07 Å². The Hall–Kier alpha value is -2.02. The van der Waals surface area contributed by atoms with Crippen LogP contribution in [0.3, 0.4) is 0 Å². The zero-order valence-electron chi connectivity index (χ0n) is 10.9. The number of hydrogen-bond acceptors (Lipinski definition) is 4. The van der Waals surface area contributed by atoms with Gasteiger partial charge in [0.15, 0.2) is 5.13 Å². The number of halogens is 2. The predicted octanol–water partition coefficient (Wildman–Crippen LogP) is 3.87. The van der Waals surface area contributed by atoms with Crippen molar-refractivity contribution in [2.45, 2.75) is 25.4 Å². The van der Waals surface area contributed by atoms with Crippen molar-refractivity contribution >= 4 is 22.4 Å². The van der Waals surface area contributed by atoms with Gasteiger partial charge in [-0.25, -0.2) is 4.98 Å². The topological polar surface area (TPSA) is 51.2 Å². The van der Waals surface area contributed by atoms with E-state index in [2.05, 4.69) is 15.0 Å². The number of anilines is 1. The third-order valence-corrected chi connectivity index (χ3v) is 3.86. The molecule has 4 nitrogen and oxygen atoms in total. The third-order valence-electron chi connectivity index (χ3n) is 3.09. The Bertz CT molecular complexity index is 656. The molecule has 0 aliphatic heterocycles. The molecule has 1 saturated carbocycles. The Morgan fingerprint density at radius 1 is 1.38 bits per heavy atom. The maximum Gasteiger partial charge on any atom is 0.387 e. The first kappa shape index (κ1) is 13.9. The monoisotopic (exact) mass is 310 g/mol. The number of carbonyl (C=O) groups is 1. The van der Waals surface area contributed by atoms with Crippen molar-refractivity contribution in [1.82, 2.24) is 4.98 Å². The lowest BCUT2D eigenvalue weighted by molar-refractivity contribution is -0.0501. The van der Waals surface area contributed by atoms with Gasteiger partial charge >= 0.3 is 6.61 Å². The molecular formula is C14H12F2N2O2S. The number of carbonyl (C=O) groups excluding carboxylic acids is 1. The number of aromatic nitrogens is 1. The minimum absolute atomic E-state index is 0.0565. The highest BCUT2D eigenvalue weighted by Gasteiger charge is 2.26. The predicted molar refractivity (Wildman–Crippen MR) is 75.1 cm³/mol. The molecule has 1 aliphatic carbocycles. The first-order chi connectivity index (χ1) is 10.1. The second-order valence-corrected chi connectivity index (χ2v) is 5.54. The number of nitrogens with one attached hydrogen (secondary N) is 1. The zero-order chi connectivity index (χ0) is 14.8. The van der Waals surface area contributed by atoms with E-state index in [-0.39, 0.29) is 11.3 Å². The summed E-state index contributed by atoms with van der Waals surface area (Å²) in [6, 6.07) is 5.88. The van der Waals surface area contributed by atoms with Crippen molar-refractivity contribution in [3.63, 3.8) is 0 Å². The van der Waals surface area contributed by atoms with Crippen LogP contribution in [0.2, 0.25) is 0 Å². The van der Waals surface area contributed by atoms with E-state index < -0.39 is 12.5 Å². The molecule has 0 radical (unpaired) electrons. The van der Waals surface area contributed by atoms with Crippen LogP contribution in [-0.2, 0) is 0 Å². The smallest absolute Gasteiger partial charge is 0.387 e. The SMILES string of the molecule is O=C(Nc1nc(C2CC2)cs1)c1ccccc1OC(F)F. The molecule has 110 valence electrons. The normalized spacial score (nSPS) is 14.2. The molecule has 1 aromatic carbocycles. The number of benzene rings is 1. The average molecular weight is 310 g/mol. The van der Waals surface area contributed by atoms with Gasteiger partial charge < -0.3 is 4.74 Å². The number of para-hydroxylation sites is 1. The largest absolute Gasteiger partial charge is 0.434 e. The van der Waals surface area contributed by atoms with E-state index in [0.717, 1.165) is 18.5 Å². The van der Waals surface area contributed by atoms with E-state index in [1.165, 1.54) is 29.5 Å². The molecule has 3 rings (SSSR count). The summed E-state index contributed by atoms with van der Waals surface area (Å²) < 4.78 is 29.0. The maximum atomic E-state index is 12.3. The van der Waals surface area contributed by atoms with Crippen LogP contribution in [0, 0.1) is 0 Å². The van der Waals surface area contributed by atoms with Crippen LogP contribution in [0.5, 0.6) is 5.75 Å². The quantitative estimate of drug-likeness (QED) is 0.912. The van der Waals surface area contributed by atoms with Crippen LogP contribution in [0.25, 0.3) is 0 Å². The number of amides is 1. The molecule has 0 spiro atoms. The Kier molecular flexibility index (Phi) is 3.83. The molecule has 21 heavy (non-hydrogen) atoms. The number of ether oxygens (including phenoxy) is 1. The minimum atomic E-state index is -2.97. The molecule has 0 unspecified atom stereocenters. The lowest BCUT2D eigenvalue weighted by atomic mass is 10.2. The summed E-state index contributed by atoms with van der Waals surface area (Å²) in [4.78, 5) is 16.5. The first-order valence-corrected chi connectivity index (χ1v) is 7.32. The molecule has 0 bridgehead atoms. The van der Waals surface area contributed by atoms with Gasteiger partial charge in [0, 0.05) is 11.3 Å². The van der Waals surface area contributed by atoms with Crippen molar-refractivity contribution in [3.8, 4) is 5.75 Å². The van der Waals surface area contributed by atoms with E-state index in [4.69, 9.17) is 0 Å². The summed E-state index contributed by atoms with van der Waals surface area (Å²) in [6.45, 7) is -2.97. The van der Waals surface area contributed by atoms with Crippen LogP contribution < -0.4 is 10.1 Å². The molecule has 7 heteroatoms. The number of thiazole rings is 1. The van der Waals surface area contributed by atoms with E-state index in [1.807, 2.05) is 5.38 Å². The lowest BCUT2D eigenvalue weighted by Crippen LogP contribution is -2.14. The number of alkyl halides is 2. The average Bonchev–Trinajstić information content (AvgIpc) is 3.19. The van der Waals surface area contributed by atoms with Crippen molar-refractivity contribution in [2.75, 3.05) is 5.32 Å². The Morgan fingerprint density at radius 2 is 2.14 bits per heavy atom. The van der Waals surface area contributed by atoms with Crippen LogP contribution >= 0.6 is 11.3 Å². The summed E-state index contributed by atoms with van der Waals surface area (Å²) in [5.74, 6) is -0.159. The summed E-state index contributed by atoms with van der Waals surface area (Å²) in [5.41, 5.74) is 1.04. The van der Waals surface area contributed by atoms with Crippen molar-refractivity contribution in [3.05, 3.63) is 40.9 Å². The van der Waals surface area contributed by atoms with Gasteiger partial charge in [0.1, 0.15) is 5.75 Å². The zero-order valence-corrected chi connectivity index (χ0v) is 11.7. The summed E-state index contributed by atoms with van der Waals surface area (Å²) >= 11 is 1.33. The maximum absolute atomic E-state index is 12.3. The van der Waals surface area contributed by atoms with E-state index in [0.29, 0.717) is 11.0 Å². The van der Waals surface area contributed by atoms with E-state index >= 15 is 0 Å². The van der Waals surface area contributed by atoms with Gasteiger partial charge in [0.25, 0.3) is 5.91 Å². The highest BCUT2D eigenvalue weighted by Crippen LogP contribution is 2.40. The Balaban J connectivity index is 1.74. The van der Waals surface area contributed by atoms with Gasteiger partial charge in [-0.1, -0.05) is 12.1 Å². The molecule has 0 atom stereocenters. The fraction of sp³-hybridized carbons (Fsp3) is 0.286. The van der Waals surface area contributed by atoms with Crippen LogP contribution in [0.15, 0.2) is 29.6 Å². The van der Waals surface area contributed by atoms with Crippen molar-refractivity contribution in [2.24, 2.45) is 0 Å². The summed E-state index contributed by atoms with van der Waals surface area (Å²) in [5, 5.41) is 5.00. The summed E-state index contributed by atoms with van der Waals surface area (Å²) in [7, 11) is 0. The molecule has 1 heterocycles. The van der Waals surface area contributed by atoms with Crippen molar-refractivity contribution in [1.29, 1.82) is 0 Å². The second kappa shape index (κ2) is 5.77. The number of rotatable bonds is 5. The van der Waals surface area contributed by atoms with Crippen molar-refractivity contribution < 1.29 is 18.3 Å². The lowest BCUT2D eigenvalue weighted by Gasteiger charge is -2.09. The molecule has 0 saturated heterocycles. The molecule has 2 aromatic rings. The first-order valence-electron chi connectivity index (χ1n) is 6.44. The van der Waals surface area contributed by atoms with E-state index in [9.17, 15) is 13.6 Å². The van der Waals surface area contributed by atoms with Crippen LogP contribution in [0.4, 0.5) is 13.9 Å². The van der Waals surface area contributed by atoms with Gasteiger partial charge in [-0.3, -0.25) is 10.1 Å². The summed E-state index contributed by atoms with van der Waals surface area (Å²) in [6.07, 6.45) is 2.25. The van der Waals surface area contributed by atoms with Gasteiger partial charge in [-0.2, -0.15) is 8.78 Å². The van der Waals surface area contributed by atoms with Gasteiger partial charge in [-0.15, -0.1) is 11.3 Å². The second-order valence-electron chi connectivity index (χ2n) is 4.68. The molecule has 1 aromatic heterocycles. The molecule has 1 N–H and O–H groups in total. The molecule has 1 amide bonds. The Morgan fingerprint density at radius 3 is 2.86 bits per heavy atom. The standard InChI is InChI=1S/C14H12F2N2O2S/c15-13(16)20-11-4-2-1-3-9(11)12(19)18-14-17-10(7-21-14)8-5-6-8/h1-4,7-8,13H,5-6H2,(H,17,18,19). The highest BCUT2D eigenvalue weighted by atomic mass is 32.1. The highest BCUT2D eigenvalue weighted by molar-refractivity contribution is 7.14. The molecule has 1 aliphatic rings. The third kappa shape index (κ3) is 3.36. The fourth-order valence-corrected chi connectivity index (χ4v) is 2.71. The number of hydrogen-bond donors (Lipinski definition) is 1. The molecule has 1 fully saturated rings. The number of nitrogens with zero attached hydrogens (tertiary/aromatic N) is 1. The van der Waals surface area contributed by atoms with Gasteiger partial charge in [0.05, 0.1) is 11.3 Å².